The second-order valence-electron chi connectivity index (χ2n) is 6.76. The van der Waals surface area contributed by atoms with Crippen molar-refractivity contribution >= 4 is 11.6 Å². The number of nitrogens with zero attached hydrogens (tertiary/aromatic N) is 5. The molecule has 0 saturated heterocycles. The van der Waals surface area contributed by atoms with E-state index in [2.05, 4.69) is 35.4 Å². The third-order valence-electron chi connectivity index (χ3n) is 4.91. The van der Waals surface area contributed by atoms with Crippen molar-refractivity contribution in [2.45, 2.75) is 12.5 Å². The number of amides is 1. The Balaban J connectivity index is 1.64. The van der Waals surface area contributed by atoms with Crippen LogP contribution in [0.2, 0.25) is 0 Å². The van der Waals surface area contributed by atoms with Crippen molar-refractivity contribution in [1.29, 1.82) is 0 Å². The zero-order valence-corrected chi connectivity index (χ0v) is 14.9. The number of hydrogen-bond donors (Lipinski definition) is 0. The number of anilines is 1. The molecule has 0 aliphatic carbocycles. The molecule has 2 aromatic carbocycles. The maximum Gasteiger partial charge on any atom is 0.258 e. The number of benzene rings is 2. The molecule has 0 saturated carbocycles. The zero-order chi connectivity index (χ0) is 18.1. The summed E-state index contributed by atoms with van der Waals surface area (Å²) < 4.78 is 1.67. The minimum atomic E-state index is 0.0224. The number of likely N-dealkylation sites (N-methyl/N-ethyl adjacent to an activating group) is 1. The van der Waals surface area contributed by atoms with Crippen LogP contribution in [0, 0.1) is 0 Å². The van der Waals surface area contributed by atoms with Gasteiger partial charge in [0.05, 0.1) is 18.1 Å². The fourth-order valence-electron chi connectivity index (χ4n) is 3.37. The lowest BCUT2D eigenvalue weighted by Crippen LogP contribution is -2.48. The number of carbonyl (C=O) groups is 1. The second kappa shape index (κ2) is 6.72. The summed E-state index contributed by atoms with van der Waals surface area (Å²) in [6, 6.07) is 15.9. The first kappa shape index (κ1) is 16.5. The highest BCUT2D eigenvalue weighted by Crippen LogP contribution is 2.29. The van der Waals surface area contributed by atoms with Crippen LogP contribution in [0.25, 0.3) is 5.69 Å². The molecule has 0 fully saturated rings. The first-order chi connectivity index (χ1) is 12.6. The molecule has 0 radical (unpaired) electrons. The van der Waals surface area contributed by atoms with E-state index in [1.54, 1.807) is 17.1 Å². The van der Waals surface area contributed by atoms with Crippen LogP contribution in [0.4, 0.5) is 5.69 Å². The van der Waals surface area contributed by atoms with Gasteiger partial charge in [-0.05, 0) is 56.4 Å². The molecule has 1 amide bonds. The van der Waals surface area contributed by atoms with Crippen LogP contribution >= 0.6 is 0 Å². The molecule has 26 heavy (non-hydrogen) atoms. The molecule has 0 spiro atoms. The van der Waals surface area contributed by atoms with Gasteiger partial charge in [-0.2, -0.15) is 0 Å². The smallest absolute Gasteiger partial charge is 0.258 e. The average molecular weight is 347 g/mol. The predicted octanol–water partition coefficient (Wildman–Crippen LogP) is 2.40. The number of hydrogen-bond acceptors (Lipinski definition) is 4. The summed E-state index contributed by atoms with van der Waals surface area (Å²) in [5.41, 5.74) is 3.77. The highest BCUT2D eigenvalue weighted by atomic mass is 16.2. The van der Waals surface area contributed by atoms with Gasteiger partial charge in [-0.3, -0.25) is 4.79 Å². The van der Waals surface area contributed by atoms with Gasteiger partial charge in [0.15, 0.2) is 0 Å². The molecule has 6 nitrogen and oxygen atoms in total. The van der Waals surface area contributed by atoms with Crippen LogP contribution in [0.5, 0.6) is 0 Å². The Hall–Kier alpha value is -2.99. The Bertz CT molecular complexity index is 902. The summed E-state index contributed by atoms with van der Waals surface area (Å²) in [6.07, 6.45) is 4.36. The van der Waals surface area contributed by atoms with Crippen molar-refractivity contribution in [2.24, 2.45) is 0 Å². The van der Waals surface area contributed by atoms with Crippen molar-refractivity contribution < 1.29 is 4.79 Å². The van der Waals surface area contributed by atoms with Crippen molar-refractivity contribution in [1.82, 2.24) is 19.9 Å². The molecule has 2 heterocycles. The van der Waals surface area contributed by atoms with Crippen molar-refractivity contribution in [3.05, 3.63) is 72.1 Å². The molecule has 3 aromatic rings. The molecular weight excluding hydrogens is 326 g/mol. The van der Waals surface area contributed by atoms with E-state index in [0.717, 1.165) is 17.8 Å². The monoisotopic (exact) mass is 347 g/mol. The highest BCUT2D eigenvalue weighted by molar-refractivity contribution is 6.07. The van der Waals surface area contributed by atoms with E-state index in [4.69, 9.17) is 0 Å². The largest absolute Gasteiger partial charge is 0.307 e. The first-order valence-electron chi connectivity index (χ1n) is 8.66. The Kier molecular flexibility index (Phi) is 4.26. The number of carbonyl (C=O) groups excluding carboxylic acids is 1. The lowest BCUT2D eigenvalue weighted by molar-refractivity contribution is 0.0976. The van der Waals surface area contributed by atoms with Crippen molar-refractivity contribution in [3.8, 4) is 5.69 Å². The van der Waals surface area contributed by atoms with E-state index < -0.39 is 0 Å². The van der Waals surface area contributed by atoms with E-state index in [9.17, 15) is 4.79 Å². The predicted molar refractivity (Wildman–Crippen MR) is 101 cm³/mol. The van der Waals surface area contributed by atoms with Crippen molar-refractivity contribution in [2.75, 3.05) is 25.5 Å². The van der Waals surface area contributed by atoms with Gasteiger partial charge in [-0.15, -0.1) is 5.10 Å². The lowest BCUT2D eigenvalue weighted by Gasteiger charge is -2.37. The molecule has 1 aliphatic rings. The molecular formula is C20H21N5O. The highest BCUT2D eigenvalue weighted by Gasteiger charge is 2.29. The molecule has 1 aromatic heterocycles. The van der Waals surface area contributed by atoms with E-state index in [-0.39, 0.29) is 5.91 Å². The van der Waals surface area contributed by atoms with Gasteiger partial charge in [0.1, 0.15) is 0 Å². The molecule has 1 aliphatic heterocycles. The van der Waals surface area contributed by atoms with Crippen LogP contribution in [0.3, 0.4) is 0 Å². The summed E-state index contributed by atoms with van der Waals surface area (Å²) in [5.74, 6) is 0.0224. The summed E-state index contributed by atoms with van der Waals surface area (Å²) in [7, 11) is 4.13. The third-order valence-corrected chi connectivity index (χ3v) is 4.91. The van der Waals surface area contributed by atoms with Gasteiger partial charge in [-0.1, -0.05) is 23.4 Å². The standard InChI is InChI=1S/C20H21N5O/c1-23(2)18-13-16-5-3-4-6-19(16)24(14-18)20(26)15-7-9-17(10-8-15)25-12-11-21-22-25/h3-12,18H,13-14H2,1-2H3/t18-/m1/s1. The topological polar surface area (TPSA) is 54.3 Å². The van der Waals surface area contributed by atoms with Crippen LogP contribution in [-0.2, 0) is 6.42 Å². The van der Waals surface area contributed by atoms with Crippen LogP contribution in [0.1, 0.15) is 15.9 Å². The molecule has 6 heteroatoms. The average Bonchev–Trinajstić information content (AvgIpc) is 3.21. The molecule has 4 rings (SSSR count). The Morgan fingerprint density at radius 2 is 1.88 bits per heavy atom. The van der Waals surface area contributed by atoms with Gasteiger partial charge in [0.2, 0.25) is 0 Å². The zero-order valence-electron chi connectivity index (χ0n) is 14.9. The summed E-state index contributed by atoms with van der Waals surface area (Å²) in [4.78, 5) is 17.3. The van der Waals surface area contributed by atoms with Crippen LogP contribution in [0.15, 0.2) is 60.9 Å². The number of rotatable bonds is 3. The molecule has 0 bridgehead atoms. The van der Waals surface area contributed by atoms with Crippen LogP contribution in [-0.4, -0.2) is 52.5 Å². The molecule has 1 atom stereocenters. The second-order valence-corrected chi connectivity index (χ2v) is 6.76. The van der Waals surface area contributed by atoms with Crippen LogP contribution < -0.4 is 4.90 Å². The van der Waals surface area contributed by atoms with E-state index in [1.807, 2.05) is 47.4 Å². The minimum absolute atomic E-state index is 0.0224. The Labute approximate surface area is 152 Å². The molecule has 0 N–H and O–H groups in total. The SMILES string of the molecule is CN(C)[C@@H]1Cc2ccccc2N(C(=O)c2ccc(-n3ccnn3)cc2)C1. The minimum Gasteiger partial charge on any atom is -0.307 e. The number of aromatic nitrogens is 3. The molecule has 0 unspecified atom stereocenters. The quantitative estimate of drug-likeness (QED) is 0.730. The fourth-order valence-corrected chi connectivity index (χ4v) is 3.37. The summed E-state index contributed by atoms with van der Waals surface area (Å²) >= 11 is 0. The summed E-state index contributed by atoms with van der Waals surface area (Å²) in [6.45, 7) is 0.688. The first-order valence-corrected chi connectivity index (χ1v) is 8.66. The normalized spacial score (nSPS) is 16.6. The number of para-hydroxylation sites is 1. The van der Waals surface area contributed by atoms with Gasteiger partial charge in [-0.25, -0.2) is 4.68 Å². The van der Waals surface area contributed by atoms with Gasteiger partial charge >= 0.3 is 0 Å². The Morgan fingerprint density at radius 3 is 2.58 bits per heavy atom. The van der Waals surface area contributed by atoms with Crippen molar-refractivity contribution in [3.63, 3.8) is 0 Å². The van der Waals surface area contributed by atoms with Gasteiger partial charge in [0.25, 0.3) is 5.91 Å². The lowest BCUT2D eigenvalue weighted by atomic mass is 9.96. The maximum atomic E-state index is 13.2. The molecule has 132 valence electrons. The van der Waals surface area contributed by atoms with Gasteiger partial charge < -0.3 is 9.80 Å². The van der Waals surface area contributed by atoms with E-state index in [1.165, 1.54) is 5.56 Å². The fraction of sp³-hybridized carbons (Fsp3) is 0.250. The Morgan fingerprint density at radius 1 is 1.12 bits per heavy atom. The van der Waals surface area contributed by atoms with E-state index in [0.29, 0.717) is 18.2 Å². The third kappa shape index (κ3) is 2.99. The summed E-state index contributed by atoms with van der Waals surface area (Å²) in [5, 5.41) is 7.79. The number of fused-ring (bicyclic) bond motifs is 1. The van der Waals surface area contributed by atoms with Gasteiger partial charge in [0, 0.05) is 23.8 Å². The van der Waals surface area contributed by atoms with E-state index >= 15 is 0 Å². The maximum absolute atomic E-state index is 13.2.